The summed E-state index contributed by atoms with van der Waals surface area (Å²) >= 11 is 0. The van der Waals surface area contributed by atoms with Gasteiger partial charge in [0.15, 0.2) is 0 Å². The predicted molar refractivity (Wildman–Crippen MR) is 114 cm³/mol. The molecule has 1 spiro atoms. The van der Waals surface area contributed by atoms with Crippen LogP contribution in [0.15, 0.2) is 60.7 Å². The zero-order chi connectivity index (χ0) is 21.6. The van der Waals surface area contributed by atoms with Crippen molar-refractivity contribution in [2.24, 2.45) is 11.8 Å². The summed E-state index contributed by atoms with van der Waals surface area (Å²) in [6, 6.07) is 14.9. The van der Waals surface area contributed by atoms with Crippen LogP contribution in [0.25, 0.3) is 0 Å². The first-order chi connectivity index (χ1) is 15.0. The third-order valence-corrected chi connectivity index (χ3v) is 6.39. The van der Waals surface area contributed by atoms with Gasteiger partial charge in [-0.2, -0.15) is 0 Å². The lowest BCUT2D eigenvalue weighted by Gasteiger charge is -2.23. The maximum Gasteiger partial charge on any atom is 0.234 e. The predicted octanol–water partition coefficient (Wildman–Crippen LogP) is 2.31. The van der Waals surface area contributed by atoms with Gasteiger partial charge in [0, 0.05) is 12.2 Å². The van der Waals surface area contributed by atoms with Crippen LogP contribution in [0.5, 0.6) is 11.5 Å². The Bertz CT molecular complexity index is 1050. The minimum atomic E-state index is -0.750. The van der Waals surface area contributed by atoms with E-state index in [0.717, 1.165) is 22.7 Å². The Kier molecular flexibility index (Phi) is 4.70. The number of nitrogens with zero attached hydrogens (tertiary/aromatic N) is 1. The molecule has 0 unspecified atom stereocenters. The molecule has 2 aromatic carbocycles. The third kappa shape index (κ3) is 3.16. The average Bonchev–Trinajstić information content (AvgIpc) is 3.46. The van der Waals surface area contributed by atoms with Gasteiger partial charge in [-0.3, -0.25) is 9.59 Å². The minimum Gasteiger partial charge on any atom is -0.497 e. The van der Waals surface area contributed by atoms with Crippen LogP contribution < -0.4 is 19.7 Å². The summed E-state index contributed by atoms with van der Waals surface area (Å²) in [5.41, 5.74) is 0.949. The molecule has 0 radical (unpaired) electrons. The van der Waals surface area contributed by atoms with Crippen molar-refractivity contribution >= 4 is 17.5 Å². The molecule has 2 fully saturated rings. The Balaban J connectivity index is 1.34. The first-order valence-corrected chi connectivity index (χ1v) is 10.3. The summed E-state index contributed by atoms with van der Waals surface area (Å²) < 4.78 is 16.6. The first kappa shape index (κ1) is 19.6. The molecule has 0 saturated carbocycles. The van der Waals surface area contributed by atoms with E-state index in [9.17, 15) is 9.59 Å². The molecule has 31 heavy (non-hydrogen) atoms. The molecule has 2 amide bonds. The van der Waals surface area contributed by atoms with Crippen LogP contribution in [0.3, 0.4) is 0 Å². The van der Waals surface area contributed by atoms with E-state index in [1.54, 1.807) is 19.1 Å². The van der Waals surface area contributed by atoms with E-state index in [0.29, 0.717) is 13.1 Å². The van der Waals surface area contributed by atoms with E-state index in [-0.39, 0.29) is 17.9 Å². The number of methoxy groups -OCH3 is 2. The first-order valence-electron chi connectivity index (χ1n) is 10.3. The van der Waals surface area contributed by atoms with Crippen LogP contribution >= 0.6 is 0 Å². The van der Waals surface area contributed by atoms with Crippen molar-refractivity contribution in [2.75, 3.05) is 25.7 Å². The van der Waals surface area contributed by atoms with Gasteiger partial charge in [-0.25, -0.2) is 0 Å². The van der Waals surface area contributed by atoms with Crippen molar-refractivity contribution in [3.05, 3.63) is 66.2 Å². The monoisotopic (exact) mass is 420 g/mol. The van der Waals surface area contributed by atoms with Gasteiger partial charge in [-0.15, -0.1) is 0 Å². The van der Waals surface area contributed by atoms with Crippen LogP contribution in [0.1, 0.15) is 5.56 Å². The van der Waals surface area contributed by atoms with E-state index in [1.165, 1.54) is 0 Å². The Morgan fingerprint density at radius 1 is 1.16 bits per heavy atom. The van der Waals surface area contributed by atoms with Gasteiger partial charge in [-0.05, 0) is 42.0 Å². The lowest BCUT2D eigenvalue weighted by Crippen LogP contribution is -2.43. The molecule has 4 atom stereocenters. The molecule has 2 aromatic rings. The molecule has 1 N–H and O–H groups in total. The van der Waals surface area contributed by atoms with Crippen LogP contribution in [-0.4, -0.2) is 44.3 Å². The number of anilines is 1. The van der Waals surface area contributed by atoms with Gasteiger partial charge in [-0.1, -0.05) is 24.3 Å². The van der Waals surface area contributed by atoms with Crippen LogP contribution in [0, 0.1) is 11.8 Å². The van der Waals surface area contributed by atoms with Crippen LogP contribution in [0.2, 0.25) is 0 Å². The molecule has 3 aliphatic rings. The standard InChI is InChI=1S/C24H24N2O5/c1-29-17-8-6-16(7-9-17)26-14-24-11-10-19(31-24)20(21(24)23(26)28)22(27)25-13-15-4-3-5-18(12-15)30-2/h3-12,19-21H,13-14H2,1-2H3,(H,25,27)/t19-,20-,21+,24-/m0/s1. The fraction of sp³-hybridized carbons (Fsp3) is 0.333. The summed E-state index contributed by atoms with van der Waals surface area (Å²) in [7, 11) is 3.21. The SMILES string of the molecule is COc1ccc(N2C[C@]34C=C[C@H](O3)[C@H](C(=O)NCc3cccc(OC)c3)[C@@H]4C2=O)cc1. The van der Waals surface area contributed by atoms with Gasteiger partial charge < -0.3 is 24.4 Å². The maximum absolute atomic E-state index is 13.4. The van der Waals surface area contributed by atoms with E-state index in [4.69, 9.17) is 14.2 Å². The van der Waals surface area contributed by atoms with Gasteiger partial charge in [0.05, 0.1) is 38.7 Å². The number of hydrogen-bond donors (Lipinski definition) is 1. The largest absolute Gasteiger partial charge is 0.497 e. The van der Waals surface area contributed by atoms with Crippen molar-refractivity contribution in [2.45, 2.75) is 18.2 Å². The highest BCUT2D eigenvalue weighted by Crippen LogP contribution is 2.52. The number of rotatable bonds is 6. The highest BCUT2D eigenvalue weighted by Gasteiger charge is 2.67. The topological polar surface area (TPSA) is 77.1 Å². The molecule has 3 aliphatic heterocycles. The number of benzene rings is 2. The number of carbonyl (C=O) groups is 2. The summed E-state index contributed by atoms with van der Waals surface area (Å²) in [6.07, 6.45) is 3.49. The molecule has 7 heteroatoms. The zero-order valence-electron chi connectivity index (χ0n) is 17.4. The second-order valence-electron chi connectivity index (χ2n) is 8.09. The Hall–Kier alpha value is -3.32. The highest BCUT2D eigenvalue weighted by molar-refractivity contribution is 6.03. The van der Waals surface area contributed by atoms with Crippen LogP contribution in [0.4, 0.5) is 5.69 Å². The average molecular weight is 420 g/mol. The summed E-state index contributed by atoms with van der Waals surface area (Å²) in [5, 5.41) is 2.98. The fourth-order valence-corrected chi connectivity index (χ4v) is 4.87. The summed E-state index contributed by atoms with van der Waals surface area (Å²) in [6.45, 7) is 0.758. The summed E-state index contributed by atoms with van der Waals surface area (Å²) in [4.78, 5) is 28.2. The van der Waals surface area contributed by atoms with E-state index in [2.05, 4.69) is 5.32 Å². The van der Waals surface area contributed by atoms with E-state index >= 15 is 0 Å². The van der Waals surface area contributed by atoms with E-state index < -0.39 is 17.4 Å². The van der Waals surface area contributed by atoms with Crippen molar-refractivity contribution in [1.82, 2.24) is 5.32 Å². The fourth-order valence-electron chi connectivity index (χ4n) is 4.87. The zero-order valence-corrected chi connectivity index (χ0v) is 17.4. The molecule has 3 heterocycles. The Morgan fingerprint density at radius 2 is 1.94 bits per heavy atom. The normalized spacial score (nSPS) is 28.0. The van der Waals surface area contributed by atoms with Gasteiger partial charge >= 0.3 is 0 Å². The number of amides is 2. The van der Waals surface area contributed by atoms with Crippen molar-refractivity contribution in [1.29, 1.82) is 0 Å². The van der Waals surface area contributed by atoms with Crippen molar-refractivity contribution in [3.63, 3.8) is 0 Å². The Labute approximate surface area is 180 Å². The maximum atomic E-state index is 13.4. The number of nitrogens with one attached hydrogen (secondary N) is 1. The molecule has 5 rings (SSSR count). The summed E-state index contributed by atoms with van der Waals surface area (Å²) in [5.74, 6) is 0.118. The molecule has 7 nitrogen and oxygen atoms in total. The van der Waals surface area contributed by atoms with Gasteiger partial charge in [0.2, 0.25) is 11.8 Å². The second-order valence-corrected chi connectivity index (χ2v) is 8.09. The van der Waals surface area contributed by atoms with Crippen molar-refractivity contribution < 1.29 is 23.8 Å². The lowest BCUT2D eigenvalue weighted by atomic mass is 9.77. The molecule has 160 valence electrons. The highest BCUT2D eigenvalue weighted by atomic mass is 16.5. The molecular formula is C24H24N2O5. The third-order valence-electron chi connectivity index (χ3n) is 6.39. The number of fused-ring (bicyclic) bond motifs is 1. The molecule has 2 saturated heterocycles. The second kappa shape index (κ2) is 7.42. The number of ether oxygens (including phenoxy) is 3. The molecule has 0 aliphatic carbocycles. The quantitative estimate of drug-likeness (QED) is 0.726. The van der Waals surface area contributed by atoms with Crippen LogP contribution in [-0.2, 0) is 20.9 Å². The molecule has 2 bridgehead atoms. The van der Waals surface area contributed by atoms with Gasteiger partial charge in [0.1, 0.15) is 17.1 Å². The Morgan fingerprint density at radius 3 is 2.68 bits per heavy atom. The minimum absolute atomic E-state index is 0.0847. The van der Waals surface area contributed by atoms with Gasteiger partial charge in [0.25, 0.3) is 0 Å². The van der Waals surface area contributed by atoms with E-state index in [1.807, 2.05) is 60.7 Å². The number of hydrogen-bond acceptors (Lipinski definition) is 5. The molecular weight excluding hydrogens is 396 g/mol. The molecule has 0 aromatic heterocycles. The van der Waals surface area contributed by atoms with Crippen molar-refractivity contribution in [3.8, 4) is 11.5 Å². The smallest absolute Gasteiger partial charge is 0.234 e. The lowest BCUT2D eigenvalue weighted by molar-refractivity contribution is -0.132. The number of carbonyl (C=O) groups excluding carboxylic acids is 2.